The molecule has 47 heavy (non-hydrogen) atoms. The van der Waals surface area contributed by atoms with Crippen molar-refractivity contribution < 1.29 is 9.37 Å². The molecule has 2 aromatic carbocycles. The average Bonchev–Trinajstić information content (AvgIpc) is 3.29. The monoisotopic (exact) mass is 595 g/mol. The van der Waals surface area contributed by atoms with Gasteiger partial charge in [0.2, 0.25) is 23.4 Å². The molecule has 3 heteroatoms. The van der Waals surface area contributed by atoms with Crippen molar-refractivity contribution in [1.29, 1.82) is 0 Å². The Morgan fingerprint density at radius 2 is 1.13 bits per heavy atom. The molecule has 0 N–H and O–H groups in total. The minimum absolute atomic E-state index is 0.0828. The molecule has 1 aliphatic rings. The summed E-state index contributed by atoms with van der Waals surface area (Å²) in [7, 11) is 0. The lowest BCUT2D eigenvalue weighted by Crippen LogP contribution is -2.26. The van der Waals surface area contributed by atoms with Crippen LogP contribution in [0.4, 0.5) is 11.4 Å². The number of terminal acetylenes is 1. The molecule has 1 amide bonds. The van der Waals surface area contributed by atoms with Crippen LogP contribution >= 0.6 is 0 Å². The zero-order chi connectivity index (χ0) is 33.6. The summed E-state index contributed by atoms with van der Waals surface area (Å²) >= 11 is 0. The molecule has 0 fully saturated rings. The Hall–Kier alpha value is -7.78. The van der Waals surface area contributed by atoms with Gasteiger partial charge in [-0.05, 0) is 79.4 Å². The number of benzene rings is 2. The third-order valence-corrected chi connectivity index (χ3v) is 6.04. The van der Waals surface area contributed by atoms with Crippen LogP contribution in [0.25, 0.3) is 0 Å². The molecule has 2 aromatic rings. The van der Waals surface area contributed by atoms with Crippen LogP contribution in [0.1, 0.15) is 26.3 Å². The zero-order valence-corrected chi connectivity index (χ0v) is 25.9. The molecule has 1 aliphatic heterocycles. The predicted molar refractivity (Wildman–Crippen MR) is 189 cm³/mol. The summed E-state index contributed by atoms with van der Waals surface area (Å²) in [6.45, 7) is 5.82. The van der Waals surface area contributed by atoms with E-state index in [4.69, 9.17) is 6.42 Å². The van der Waals surface area contributed by atoms with E-state index >= 15 is 0 Å². The van der Waals surface area contributed by atoms with E-state index in [9.17, 15) is 4.79 Å². The second kappa shape index (κ2) is 18.7. The quantitative estimate of drug-likeness (QED) is 0.283. The molecule has 3 rings (SSSR count). The number of hydrogen-bond acceptors (Lipinski definition) is 1. The fourth-order valence-electron chi connectivity index (χ4n) is 4.04. The third kappa shape index (κ3) is 10.8. The van der Waals surface area contributed by atoms with Gasteiger partial charge in [0.05, 0.1) is 11.3 Å². The third-order valence-electron chi connectivity index (χ3n) is 6.04. The van der Waals surface area contributed by atoms with Gasteiger partial charge in [-0.1, -0.05) is 42.5 Å². The Kier molecular flexibility index (Phi) is 13.4. The summed E-state index contributed by atoms with van der Waals surface area (Å²) in [6, 6.07) is 20.7. The lowest BCUT2D eigenvalue weighted by Gasteiger charge is -2.16. The molecule has 0 aliphatic carbocycles. The van der Waals surface area contributed by atoms with Crippen molar-refractivity contribution in [3.05, 3.63) is 84.6 Å². The maximum absolute atomic E-state index is 12.2. The highest BCUT2D eigenvalue weighted by atomic mass is 16.2. The Morgan fingerprint density at radius 1 is 0.660 bits per heavy atom. The number of hydrogen-bond donors (Lipinski definition) is 0. The van der Waals surface area contributed by atoms with Gasteiger partial charge in [0.1, 0.15) is 0 Å². The van der Waals surface area contributed by atoms with Gasteiger partial charge in [0.15, 0.2) is 0 Å². The van der Waals surface area contributed by atoms with Crippen molar-refractivity contribution in [2.45, 2.75) is 26.2 Å². The maximum atomic E-state index is 12.2. The molecular formula is C44H23N2O+. The standard InChI is InChI=1S/C44H23N2O/c1-5-6-7-8-9-10-11-12-13-14-15-16-17-18-19-20-21-22-23-30-38-46-42-35-28-27-34-41(42)44(3,4)43(46)36-29-31-37-45(39(2)47)40-32-25-24-26-33-40/h1,24-29,31-37H,2-4H3/q+1. The van der Waals surface area contributed by atoms with E-state index in [2.05, 4.69) is 144 Å². The number of allylic oxidation sites excluding steroid dienone is 3. The van der Waals surface area contributed by atoms with Crippen LogP contribution in [-0.4, -0.2) is 16.2 Å². The summed E-state index contributed by atoms with van der Waals surface area (Å²) in [5, 5.41) is 0. The molecule has 0 radical (unpaired) electrons. The number of fused-ring (bicyclic) bond motifs is 1. The first-order valence-electron chi connectivity index (χ1n) is 13.9. The van der Waals surface area contributed by atoms with Crippen molar-refractivity contribution in [2.24, 2.45) is 0 Å². The predicted octanol–water partition coefficient (Wildman–Crippen LogP) is 4.81. The van der Waals surface area contributed by atoms with Crippen LogP contribution in [0.15, 0.2) is 79.0 Å². The van der Waals surface area contributed by atoms with E-state index in [-0.39, 0.29) is 11.3 Å². The van der Waals surface area contributed by atoms with Crippen LogP contribution in [0.5, 0.6) is 0 Å². The van der Waals surface area contributed by atoms with Gasteiger partial charge in [-0.3, -0.25) is 9.69 Å². The number of carbonyl (C=O) groups excluding carboxylic acids is 1. The van der Waals surface area contributed by atoms with E-state index < -0.39 is 0 Å². The highest BCUT2D eigenvalue weighted by molar-refractivity contribution is 6.03. The molecule has 0 bridgehead atoms. The molecule has 0 atom stereocenters. The minimum Gasteiger partial charge on any atom is -0.288 e. The Labute approximate surface area is 278 Å². The van der Waals surface area contributed by atoms with Crippen LogP contribution in [0, 0.1) is 131 Å². The first-order chi connectivity index (χ1) is 23.0. The Morgan fingerprint density at radius 3 is 1.64 bits per heavy atom. The molecule has 0 saturated carbocycles. The fourth-order valence-corrected chi connectivity index (χ4v) is 4.04. The lowest BCUT2D eigenvalue weighted by atomic mass is 9.81. The smallest absolute Gasteiger partial charge is 0.243 e. The van der Waals surface area contributed by atoms with Gasteiger partial charge >= 0.3 is 0 Å². The first kappa shape index (κ1) is 33.7. The summed E-state index contributed by atoms with van der Waals surface area (Å²) in [5.74, 6) is 50.7. The highest BCUT2D eigenvalue weighted by Gasteiger charge is 2.44. The van der Waals surface area contributed by atoms with E-state index in [0.717, 1.165) is 22.6 Å². The van der Waals surface area contributed by atoms with E-state index in [1.54, 1.807) is 11.1 Å². The number of rotatable bonds is 4. The highest BCUT2D eigenvalue weighted by Crippen LogP contribution is 2.39. The molecule has 214 valence electrons. The number of anilines is 1. The van der Waals surface area contributed by atoms with Gasteiger partial charge in [-0.2, -0.15) is 0 Å². The number of para-hydroxylation sites is 2. The van der Waals surface area contributed by atoms with Crippen molar-refractivity contribution in [2.75, 3.05) is 4.90 Å². The topological polar surface area (TPSA) is 23.3 Å². The van der Waals surface area contributed by atoms with Crippen LogP contribution < -0.4 is 4.90 Å². The number of amides is 1. The molecular weight excluding hydrogens is 572 g/mol. The Bertz CT molecular complexity index is 2360. The normalized spacial score (nSPS) is 10.4. The molecule has 3 nitrogen and oxygen atoms in total. The largest absolute Gasteiger partial charge is 0.288 e. The first-order valence-corrected chi connectivity index (χ1v) is 13.9. The lowest BCUT2D eigenvalue weighted by molar-refractivity contribution is -0.332. The van der Waals surface area contributed by atoms with Crippen molar-refractivity contribution in [3.8, 4) is 131 Å². The summed E-state index contributed by atoms with van der Waals surface area (Å²) in [6.07, 6.45) is 12.5. The molecule has 1 heterocycles. The van der Waals surface area contributed by atoms with Gasteiger partial charge < -0.3 is 0 Å². The van der Waals surface area contributed by atoms with Crippen molar-refractivity contribution in [3.63, 3.8) is 0 Å². The number of carbonyl (C=O) groups is 1. The molecule has 0 spiro atoms. The van der Waals surface area contributed by atoms with Gasteiger partial charge in [0.25, 0.3) is 0 Å². The van der Waals surface area contributed by atoms with E-state index in [0.29, 0.717) is 0 Å². The van der Waals surface area contributed by atoms with E-state index in [1.165, 1.54) is 6.92 Å². The average molecular weight is 596 g/mol. The molecule has 0 aromatic heterocycles. The van der Waals surface area contributed by atoms with Crippen LogP contribution in [0.3, 0.4) is 0 Å². The van der Waals surface area contributed by atoms with Gasteiger partial charge in [0, 0.05) is 102 Å². The summed E-state index contributed by atoms with van der Waals surface area (Å²) < 4.78 is 1.93. The second-order valence-corrected chi connectivity index (χ2v) is 9.42. The van der Waals surface area contributed by atoms with E-state index in [1.807, 2.05) is 71.3 Å². The number of nitrogens with zero attached hydrogens (tertiary/aromatic N) is 2. The van der Waals surface area contributed by atoms with Gasteiger partial charge in [-0.15, -0.1) is 11.0 Å². The second-order valence-electron chi connectivity index (χ2n) is 9.42. The van der Waals surface area contributed by atoms with Crippen molar-refractivity contribution >= 4 is 23.0 Å². The molecule has 0 unspecified atom stereocenters. The Balaban J connectivity index is 1.71. The van der Waals surface area contributed by atoms with Crippen molar-refractivity contribution in [1.82, 2.24) is 0 Å². The molecule has 0 saturated heterocycles. The van der Waals surface area contributed by atoms with Gasteiger partial charge in [-0.25, -0.2) is 0 Å². The maximum Gasteiger partial charge on any atom is 0.243 e. The minimum atomic E-state index is -0.308. The summed E-state index contributed by atoms with van der Waals surface area (Å²) in [5.41, 5.74) is 3.60. The SMILES string of the molecule is C#CC#CC#CC#CC#CC#CC#CC#CC#CC#CC#C[N+]1=C(/C=C/C=C/N(C(C)=O)c2ccccc2)C(C)(C)c2ccccc21. The van der Waals surface area contributed by atoms with Crippen LogP contribution in [0.2, 0.25) is 0 Å². The summed E-state index contributed by atoms with van der Waals surface area (Å²) in [4.78, 5) is 13.8. The zero-order valence-electron chi connectivity index (χ0n) is 25.9. The fraction of sp³-hybridized carbons (Fsp3) is 0.0909. The van der Waals surface area contributed by atoms with Crippen LogP contribution in [-0.2, 0) is 10.2 Å².